The van der Waals surface area contributed by atoms with Crippen molar-refractivity contribution in [2.24, 2.45) is 5.10 Å². The van der Waals surface area contributed by atoms with E-state index in [0.29, 0.717) is 17.4 Å². The minimum absolute atomic E-state index is 0.132. The summed E-state index contributed by atoms with van der Waals surface area (Å²) < 4.78 is 4.91. The zero-order chi connectivity index (χ0) is 20.6. The Bertz CT molecular complexity index is 1050. The second-order valence-corrected chi connectivity index (χ2v) is 6.87. The van der Waals surface area contributed by atoms with Crippen LogP contribution in [0.2, 0.25) is 0 Å². The summed E-state index contributed by atoms with van der Waals surface area (Å²) in [4.78, 5) is 26.9. The van der Waals surface area contributed by atoms with Gasteiger partial charge in [-0.25, -0.2) is 9.78 Å². The molecule has 0 unspecified atom stereocenters. The van der Waals surface area contributed by atoms with E-state index in [1.54, 1.807) is 36.7 Å². The van der Waals surface area contributed by atoms with Crippen LogP contribution in [0.5, 0.6) is 0 Å². The molecule has 29 heavy (non-hydrogen) atoms. The third kappa shape index (κ3) is 5.73. The summed E-state index contributed by atoms with van der Waals surface area (Å²) in [7, 11) is 0. The lowest BCUT2D eigenvalue weighted by Gasteiger charge is -2.04. The van der Waals surface area contributed by atoms with E-state index in [4.69, 9.17) is 9.84 Å². The number of anilines is 1. The van der Waals surface area contributed by atoms with Crippen molar-refractivity contribution in [3.63, 3.8) is 0 Å². The number of rotatable bonds is 8. The van der Waals surface area contributed by atoms with Gasteiger partial charge < -0.3 is 9.84 Å². The van der Waals surface area contributed by atoms with Crippen LogP contribution in [0.15, 0.2) is 59.0 Å². The standard InChI is InChI=1S/C21H19N3O4S/c1-2-28-19(25)11-18-13-29-21(23-18)24-22-12-14-5-3-6-15(9-14)16-7-4-8-17(10-16)20(26)27/h3-10,12-13H,2,11H2,1H3,(H,23,24)(H,26,27). The first-order valence-corrected chi connectivity index (χ1v) is 9.76. The average Bonchev–Trinajstić information content (AvgIpc) is 3.15. The Morgan fingerprint density at radius 3 is 2.72 bits per heavy atom. The highest BCUT2D eigenvalue weighted by Crippen LogP contribution is 2.21. The molecule has 7 nitrogen and oxygen atoms in total. The van der Waals surface area contributed by atoms with Crippen molar-refractivity contribution in [3.05, 3.63) is 70.7 Å². The van der Waals surface area contributed by atoms with Gasteiger partial charge in [-0.05, 0) is 41.8 Å². The fourth-order valence-corrected chi connectivity index (χ4v) is 3.25. The lowest BCUT2D eigenvalue weighted by Crippen LogP contribution is -2.07. The number of hydrazone groups is 1. The van der Waals surface area contributed by atoms with Gasteiger partial charge in [0.05, 0.1) is 30.5 Å². The molecule has 0 aliphatic heterocycles. The predicted octanol–water partition coefficient (Wildman–Crippen LogP) is 4.06. The Balaban J connectivity index is 1.65. The maximum atomic E-state index is 11.5. The fourth-order valence-electron chi connectivity index (χ4n) is 2.59. The number of hydrogen-bond donors (Lipinski definition) is 2. The van der Waals surface area contributed by atoms with E-state index < -0.39 is 5.97 Å². The molecule has 0 spiro atoms. The van der Waals surface area contributed by atoms with Gasteiger partial charge >= 0.3 is 11.9 Å². The number of esters is 1. The second kappa shape index (κ2) is 9.61. The van der Waals surface area contributed by atoms with Crippen LogP contribution >= 0.6 is 11.3 Å². The number of hydrogen-bond acceptors (Lipinski definition) is 7. The number of carboxylic acid groups (broad SMARTS) is 1. The smallest absolute Gasteiger partial charge is 0.335 e. The van der Waals surface area contributed by atoms with E-state index >= 15 is 0 Å². The largest absolute Gasteiger partial charge is 0.478 e. The summed E-state index contributed by atoms with van der Waals surface area (Å²) in [6.07, 6.45) is 1.78. The van der Waals surface area contributed by atoms with Crippen molar-refractivity contribution < 1.29 is 19.4 Å². The Labute approximate surface area is 171 Å². The van der Waals surface area contributed by atoms with E-state index in [0.717, 1.165) is 16.7 Å². The second-order valence-electron chi connectivity index (χ2n) is 6.01. The molecule has 0 aliphatic carbocycles. The molecule has 3 aromatic rings. The molecule has 8 heteroatoms. The van der Waals surface area contributed by atoms with Crippen molar-refractivity contribution >= 4 is 34.6 Å². The molecule has 0 fully saturated rings. The Morgan fingerprint density at radius 2 is 1.97 bits per heavy atom. The molecule has 0 aliphatic rings. The average molecular weight is 409 g/mol. The first-order valence-electron chi connectivity index (χ1n) is 8.88. The predicted molar refractivity (Wildman–Crippen MR) is 113 cm³/mol. The van der Waals surface area contributed by atoms with E-state index in [9.17, 15) is 9.59 Å². The lowest BCUT2D eigenvalue weighted by molar-refractivity contribution is -0.142. The molecule has 0 atom stereocenters. The quantitative estimate of drug-likeness (QED) is 0.331. The van der Waals surface area contributed by atoms with Gasteiger partial charge in [0.2, 0.25) is 5.13 Å². The van der Waals surface area contributed by atoms with Crippen LogP contribution in [0, 0.1) is 0 Å². The van der Waals surface area contributed by atoms with Crippen molar-refractivity contribution in [2.75, 3.05) is 12.0 Å². The van der Waals surface area contributed by atoms with Crippen LogP contribution in [0.1, 0.15) is 28.5 Å². The van der Waals surface area contributed by atoms with Crippen LogP contribution in [-0.4, -0.2) is 34.9 Å². The number of carbonyl (C=O) groups excluding carboxylic acids is 1. The van der Waals surface area contributed by atoms with Crippen LogP contribution in [0.3, 0.4) is 0 Å². The van der Waals surface area contributed by atoms with Gasteiger partial charge in [0, 0.05) is 5.38 Å². The lowest BCUT2D eigenvalue weighted by atomic mass is 10.0. The van der Waals surface area contributed by atoms with Crippen molar-refractivity contribution in [2.45, 2.75) is 13.3 Å². The van der Waals surface area contributed by atoms with Crippen LogP contribution < -0.4 is 5.43 Å². The first-order chi connectivity index (χ1) is 14.0. The molecule has 1 aromatic heterocycles. The van der Waals surface area contributed by atoms with Gasteiger partial charge in [-0.1, -0.05) is 30.3 Å². The molecule has 2 N–H and O–H groups in total. The maximum Gasteiger partial charge on any atom is 0.335 e. The Kier molecular flexibility index (Phi) is 6.70. The van der Waals surface area contributed by atoms with E-state index in [1.165, 1.54) is 11.3 Å². The highest BCUT2D eigenvalue weighted by atomic mass is 32.1. The summed E-state index contributed by atoms with van der Waals surface area (Å²) in [5.41, 5.74) is 6.28. The molecule has 0 bridgehead atoms. The van der Waals surface area contributed by atoms with Crippen LogP contribution in [-0.2, 0) is 16.0 Å². The monoisotopic (exact) mass is 409 g/mol. The normalized spacial score (nSPS) is 10.8. The molecule has 0 saturated heterocycles. The third-order valence-electron chi connectivity index (χ3n) is 3.89. The molecule has 148 valence electrons. The van der Waals surface area contributed by atoms with E-state index in [-0.39, 0.29) is 18.0 Å². The maximum absolute atomic E-state index is 11.5. The number of aromatic nitrogens is 1. The molecule has 2 aromatic carbocycles. The highest BCUT2D eigenvalue weighted by Gasteiger charge is 2.08. The van der Waals surface area contributed by atoms with E-state index in [2.05, 4.69) is 15.5 Å². The molecule has 0 radical (unpaired) electrons. The number of carbonyl (C=O) groups is 2. The van der Waals surface area contributed by atoms with Crippen LogP contribution in [0.25, 0.3) is 11.1 Å². The van der Waals surface area contributed by atoms with Gasteiger partial charge in [0.15, 0.2) is 0 Å². The molecular formula is C21H19N3O4S. The fraction of sp³-hybridized carbons (Fsp3) is 0.143. The summed E-state index contributed by atoms with van der Waals surface area (Å²) >= 11 is 1.35. The molecule has 0 saturated carbocycles. The van der Waals surface area contributed by atoms with Gasteiger partial charge in [-0.15, -0.1) is 11.3 Å². The number of ether oxygens (including phenoxy) is 1. The summed E-state index contributed by atoms with van der Waals surface area (Å²) in [6, 6.07) is 14.4. The van der Waals surface area contributed by atoms with Crippen molar-refractivity contribution in [1.82, 2.24) is 4.98 Å². The molecule has 1 heterocycles. The number of aromatic carboxylic acids is 1. The number of nitrogens with zero attached hydrogens (tertiary/aromatic N) is 2. The van der Waals surface area contributed by atoms with Gasteiger partial charge in [-0.2, -0.15) is 5.10 Å². The Morgan fingerprint density at radius 1 is 1.21 bits per heavy atom. The third-order valence-corrected chi connectivity index (χ3v) is 4.68. The highest BCUT2D eigenvalue weighted by molar-refractivity contribution is 7.13. The Hall–Kier alpha value is -3.52. The van der Waals surface area contributed by atoms with Crippen molar-refractivity contribution in [3.8, 4) is 11.1 Å². The van der Waals surface area contributed by atoms with E-state index in [1.807, 2.05) is 30.3 Å². The molecule has 0 amide bonds. The van der Waals surface area contributed by atoms with Gasteiger partial charge in [-0.3, -0.25) is 10.2 Å². The molecular weight excluding hydrogens is 390 g/mol. The summed E-state index contributed by atoms with van der Waals surface area (Å²) in [5.74, 6) is -1.27. The number of carboxylic acids is 1. The van der Waals surface area contributed by atoms with Crippen LogP contribution in [0.4, 0.5) is 5.13 Å². The van der Waals surface area contributed by atoms with Gasteiger partial charge in [0.1, 0.15) is 0 Å². The first kappa shape index (κ1) is 20.2. The minimum Gasteiger partial charge on any atom is -0.478 e. The zero-order valence-corrected chi connectivity index (χ0v) is 16.5. The zero-order valence-electron chi connectivity index (χ0n) is 15.7. The van der Waals surface area contributed by atoms with Gasteiger partial charge in [0.25, 0.3) is 0 Å². The minimum atomic E-state index is -0.959. The number of nitrogens with one attached hydrogen (secondary N) is 1. The SMILES string of the molecule is CCOC(=O)Cc1csc(NN=Cc2cccc(-c3cccc(C(=O)O)c3)c2)n1. The number of thiazole rings is 1. The number of benzene rings is 2. The topological polar surface area (TPSA) is 101 Å². The summed E-state index contributed by atoms with van der Waals surface area (Å²) in [5, 5.41) is 15.7. The van der Waals surface area contributed by atoms with Crippen molar-refractivity contribution in [1.29, 1.82) is 0 Å². The summed E-state index contributed by atoms with van der Waals surface area (Å²) in [6.45, 7) is 2.11. The molecule has 3 rings (SSSR count).